The first-order chi connectivity index (χ1) is 19.2. The Hall–Kier alpha value is -5.36. The molecule has 1 N–H and O–H groups in total. The quantitative estimate of drug-likeness (QED) is 0.366. The standard InChI is InChI=1S/C30H24N8O/c31-18-21-1-3-23(4-2-21)30(39)35-25-8-5-22(6-9-25)24-7-10-26-27(17-24)36-29(20-34-26)38-15-13-37(14-16-38)28-19-32-11-12-33-28/h1-12,17,19-20H,13-16H2,(H,35,39). The number of carbonyl (C=O) groups is 1. The number of aromatic nitrogens is 4. The van der Waals surface area contributed by atoms with E-state index in [9.17, 15) is 4.79 Å². The third-order valence-corrected chi connectivity index (χ3v) is 6.76. The van der Waals surface area contributed by atoms with Crippen LogP contribution in [-0.2, 0) is 0 Å². The number of rotatable bonds is 5. The van der Waals surface area contributed by atoms with Gasteiger partial charge >= 0.3 is 0 Å². The van der Waals surface area contributed by atoms with Crippen LogP contribution in [0.1, 0.15) is 15.9 Å². The number of hydrogen-bond donors (Lipinski definition) is 1. The van der Waals surface area contributed by atoms with Crippen molar-refractivity contribution in [1.29, 1.82) is 5.26 Å². The average Bonchev–Trinajstić information content (AvgIpc) is 3.01. The van der Waals surface area contributed by atoms with Crippen LogP contribution in [0.5, 0.6) is 0 Å². The molecule has 0 aliphatic carbocycles. The van der Waals surface area contributed by atoms with Crippen molar-refractivity contribution >= 4 is 34.3 Å². The Bertz CT molecular complexity index is 1660. The van der Waals surface area contributed by atoms with Crippen molar-refractivity contribution < 1.29 is 4.79 Å². The van der Waals surface area contributed by atoms with Gasteiger partial charge in [0, 0.05) is 49.8 Å². The van der Waals surface area contributed by atoms with E-state index in [0.717, 1.165) is 60.0 Å². The van der Waals surface area contributed by atoms with Gasteiger partial charge in [0.2, 0.25) is 0 Å². The third kappa shape index (κ3) is 5.22. The van der Waals surface area contributed by atoms with Crippen LogP contribution < -0.4 is 15.1 Å². The number of nitriles is 1. The van der Waals surface area contributed by atoms with Crippen LogP contribution in [0.25, 0.3) is 22.2 Å². The molecular weight excluding hydrogens is 488 g/mol. The summed E-state index contributed by atoms with van der Waals surface area (Å²) < 4.78 is 0. The van der Waals surface area contributed by atoms with Gasteiger partial charge in [-0.25, -0.2) is 9.97 Å². The molecule has 9 heteroatoms. The SMILES string of the molecule is N#Cc1ccc(C(=O)Nc2ccc(-c3ccc4ncc(N5CCN(c6cnccn6)CC5)nc4c3)cc2)cc1. The number of benzene rings is 3. The lowest BCUT2D eigenvalue weighted by Gasteiger charge is -2.35. The lowest BCUT2D eigenvalue weighted by Crippen LogP contribution is -2.47. The molecule has 0 bridgehead atoms. The topological polar surface area (TPSA) is 111 Å². The summed E-state index contributed by atoms with van der Waals surface area (Å²) in [7, 11) is 0. The summed E-state index contributed by atoms with van der Waals surface area (Å²) in [6, 6.07) is 22.4. The minimum atomic E-state index is -0.224. The molecule has 0 radical (unpaired) electrons. The molecule has 1 saturated heterocycles. The van der Waals surface area contributed by atoms with Gasteiger partial charge in [0.15, 0.2) is 0 Å². The summed E-state index contributed by atoms with van der Waals surface area (Å²) in [5.74, 6) is 1.53. The van der Waals surface area contributed by atoms with Crippen molar-refractivity contribution in [3.8, 4) is 17.2 Å². The first kappa shape index (κ1) is 24.0. The van der Waals surface area contributed by atoms with Crippen LogP contribution in [0, 0.1) is 11.3 Å². The van der Waals surface area contributed by atoms with Gasteiger partial charge in [-0.2, -0.15) is 5.26 Å². The zero-order chi connectivity index (χ0) is 26.6. The number of anilines is 3. The van der Waals surface area contributed by atoms with Crippen molar-refractivity contribution in [1.82, 2.24) is 19.9 Å². The van der Waals surface area contributed by atoms with E-state index in [1.54, 1.807) is 42.9 Å². The zero-order valence-corrected chi connectivity index (χ0v) is 21.0. The monoisotopic (exact) mass is 512 g/mol. The highest BCUT2D eigenvalue weighted by molar-refractivity contribution is 6.04. The molecule has 1 aliphatic rings. The predicted molar refractivity (Wildman–Crippen MR) is 151 cm³/mol. The summed E-state index contributed by atoms with van der Waals surface area (Å²) in [5.41, 5.74) is 5.41. The highest BCUT2D eigenvalue weighted by atomic mass is 16.1. The Kier molecular flexibility index (Phi) is 6.50. The molecule has 39 heavy (non-hydrogen) atoms. The summed E-state index contributed by atoms with van der Waals surface area (Å²) in [6.07, 6.45) is 7.04. The fraction of sp³-hybridized carbons (Fsp3) is 0.133. The van der Waals surface area contributed by atoms with Gasteiger partial charge in [0.1, 0.15) is 11.6 Å². The number of nitrogens with zero attached hydrogens (tertiary/aromatic N) is 7. The highest BCUT2D eigenvalue weighted by Crippen LogP contribution is 2.26. The number of carbonyl (C=O) groups excluding carboxylic acids is 1. The molecule has 1 fully saturated rings. The summed E-state index contributed by atoms with van der Waals surface area (Å²) >= 11 is 0. The molecule has 1 amide bonds. The molecule has 6 rings (SSSR count). The second-order valence-corrected chi connectivity index (χ2v) is 9.19. The van der Waals surface area contributed by atoms with Gasteiger partial charge in [-0.1, -0.05) is 18.2 Å². The predicted octanol–water partition coefficient (Wildman–Crippen LogP) is 4.54. The van der Waals surface area contributed by atoms with E-state index in [1.165, 1.54) is 0 Å². The number of fused-ring (bicyclic) bond motifs is 1. The Balaban J connectivity index is 1.15. The first-order valence-corrected chi connectivity index (χ1v) is 12.6. The average molecular weight is 513 g/mol. The normalized spacial score (nSPS) is 13.2. The highest BCUT2D eigenvalue weighted by Gasteiger charge is 2.20. The molecule has 0 spiro atoms. The summed E-state index contributed by atoms with van der Waals surface area (Å²) in [6.45, 7) is 3.33. The van der Waals surface area contributed by atoms with Crippen molar-refractivity contribution in [2.75, 3.05) is 41.3 Å². The molecule has 3 heterocycles. The maximum atomic E-state index is 12.5. The molecule has 2 aromatic heterocycles. The first-order valence-electron chi connectivity index (χ1n) is 12.6. The number of nitrogens with one attached hydrogen (secondary N) is 1. The number of amides is 1. The van der Waals surface area contributed by atoms with Gasteiger partial charge in [-0.05, 0) is 59.7 Å². The van der Waals surface area contributed by atoms with E-state index in [2.05, 4.69) is 36.1 Å². The zero-order valence-electron chi connectivity index (χ0n) is 21.0. The van der Waals surface area contributed by atoms with Crippen LogP contribution in [0.4, 0.5) is 17.3 Å². The minimum absolute atomic E-state index is 0.224. The Morgan fingerprint density at radius 2 is 1.49 bits per heavy atom. The maximum Gasteiger partial charge on any atom is 0.255 e. The van der Waals surface area contributed by atoms with Crippen molar-refractivity contribution in [2.45, 2.75) is 0 Å². The molecule has 3 aromatic carbocycles. The van der Waals surface area contributed by atoms with Crippen LogP contribution in [0.2, 0.25) is 0 Å². The Morgan fingerprint density at radius 1 is 0.769 bits per heavy atom. The molecule has 0 atom stereocenters. The van der Waals surface area contributed by atoms with Crippen LogP contribution in [-0.4, -0.2) is 52.0 Å². The van der Waals surface area contributed by atoms with Gasteiger partial charge in [0.05, 0.1) is 35.1 Å². The second-order valence-electron chi connectivity index (χ2n) is 9.19. The van der Waals surface area contributed by atoms with Crippen molar-refractivity contribution in [3.05, 3.63) is 103 Å². The Morgan fingerprint density at radius 3 is 2.18 bits per heavy atom. The fourth-order valence-corrected chi connectivity index (χ4v) is 4.60. The maximum absolute atomic E-state index is 12.5. The summed E-state index contributed by atoms with van der Waals surface area (Å²) in [4.78, 5) is 35.2. The van der Waals surface area contributed by atoms with Crippen molar-refractivity contribution in [2.24, 2.45) is 0 Å². The smallest absolute Gasteiger partial charge is 0.255 e. The lowest BCUT2D eigenvalue weighted by molar-refractivity contribution is 0.102. The van der Waals surface area contributed by atoms with Gasteiger partial charge in [0.25, 0.3) is 5.91 Å². The molecule has 0 saturated carbocycles. The van der Waals surface area contributed by atoms with E-state index in [-0.39, 0.29) is 5.91 Å². The molecule has 1 aliphatic heterocycles. The van der Waals surface area contributed by atoms with Crippen LogP contribution in [0.3, 0.4) is 0 Å². The van der Waals surface area contributed by atoms with E-state index in [4.69, 9.17) is 10.2 Å². The van der Waals surface area contributed by atoms with E-state index >= 15 is 0 Å². The molecule has 5 aromatic rings. The second kappa shape index (κ2) is 10.6. The summed E-state index contributed by atoms with van der Waals surface area (Å²) in [5, 5.41) is 11.8. The number of piperazine rings is 1. The van der Waals surface area contributed by atoms with Crippen molar-refractivity contribution in [3.63, 3.8) is 0 Å². The third-order valence-electron chi connectivity index (χ3n) is 6.76. The molecular formula is C30H24N8O. The largest absolute Gasteiger partial charge is 0.352 e. The van der Waals surface area contributed by atoms with Crippen LogP contribution in [0.15, 0.2) is 91.5 Å². The van der Waals surface area contributed by atoms with Gasteiger partial charge < -0.3 is 15.1 Å². The Labute approximate surface area is 225 Å². The van der Waals surface area contributed by atoms with E-state index in [0.29, 0.717) is 16.8 Å². The van der Waals surface area contributed by atoms with Gasteiger partial charge in [-0.3, -0.25) is 14.8 Å². The van der Waals surface area contributed by atoms with Gasteiger partial charge in [-0.15, -0.1) is 0 Å². The lowest BCUT2D eigenvalue weighted by atomic mass is 10.0. The molecule has 9 nitrogen and oxygen atoms in total. The van der Waals surface area contributed by atoms with Crippen LogP contribution >= 0.6 is 0 Å². The van der Waals surface area contributed by atoms with E-state index in [1.807, 2.05) is 48.7 Å². The minimum Gasteiger partial charge on any atom is -0.352 e. The number of hydrogen-bond acceptors (Lipinski definition) is 8. The van der Waals surface area contributed by atoms with E-state index < -0.39 is 0 Å². The fourth-order valence-electron chi connectivity index (χ4n) is 4.60. The molecule has 0 unspecified atom stereocenters. The molecule has 190 valence electrons.